The van der Waals surface area contributed by atoms with Gasteiger partial charge in [0.25, 0.3) is 0 Å². The predicted molar refractivity (Wildman–Crippen MR) is 148 cm³/mol. The second-order valence-corrected chi connectivity index (χ2v) is 12.2. The first kappa shape index (κ1) is 26.6. The highest BCUT2D eigenvalue weighted by Gasteiger charge is 2.25. The summed E-state index contributed by atoms with van der Waals surface area (Å²) in [5.74, 6) is 0.939. The highest BCUT2D eigenvalue weighted by atomic mass is 32.2. The lowest BCUT2D eigenvalue weighted by Gasteiger charge is -2.36. The molecule has 0 amide bonds. The molecule has 2 aromatic heterocycles. The smallest absolute Gasteiger partial charge is 0.175 e. The number of sulfone groups is 1. The van der Waals surface area contributed by atoms with E-state index in [1.807, 2.05) is 36.8 Å². The molecule has 1 saturated heterocycles. The molecule has 0 saturated carbocycles. The lowest BCUT2D eigenvalue weighted by Crippen LogP contribution is -2.42. The number of aromatic nitrogens is 3. The van der Waals surface area contributed by atoms with E-state index < -0.39 is 9.84 Å². The zero-order valence-corrected chi connectivity index (χ0v) is 22.7. The average molecular weight is 553 g/mol. The number of thioether (sulfide) groups is 1. The van der Waals surface area contributed by atoms with Crippen molar-refractivity contribution in [2.45, 2.75) is 16.8 Å². The topological polar surface area (TPSA) is 77.3 Å². The Labute approximate surface area is 226 Å². The predicted octanol–water partition coefficient (Wildman–Crippen LogP) is 4.92. The number of imidazole rings is 1. The van der Waals surface area contributed by atoms with E-state index in [1.165, 1.54) is 18.4 Å². The summed E-state index contributed by atoms with van der Waals surface area (Å²) >= 11 is 1.69. The van der Waals surface area contributed by atoms with Crippen LogP contribution in [0.15, 0.2) is 84.4 Å². The molecular weight excluding hydrogens is 523 g/mol. The van der Waals surface area contributed by atoms with Gasteiger partial charge in [0.05, 0.1) is 42.5 Å². The summed E-state index contributed by atoms with van der Waals surface area (Å²) in [4.78, 5) is 11.3. The van der Waals surface area contributed by atoms with Gasteiger partial charge in [-0.1, -0.05) is 24.3 Å². The average Bonchev–Trinajstić information content (AvgIpc) is 3.42. The van der Waals surface area contributed by atoms with Crippen LogP contribution in [0.25, 0.3) is 22.4 Å². The Bertz CT molecular complexity index is 1470. The molecule has 1 fully saturated rings. The minimum atomic E-state index is -3.46. The molecule has 198 valence electrons. The van der Waals surface area contributed by atoms with Crippen LogP contribution in [0.4, 0.5) is 4.39 Å². The van der Waals surface area contributed by atoms with Crippen LogP contribution in [0.3, 0.4) is 0 Å². The summed E-state index contributed by atoms with van der Waals surface area (Å²) in [6.45, 7) is 2.95. The largest absolute Gasteiger partial charge is 0.379 e. The monoisotopic (exact) mass is 552 g/mol. The Kier molecular flexibility index (Phi) is 8.23. The summed E-state index contributed by atoms with van der Waals surface area (Å²) in [5.41, 5.74) is 4.31. The molecule has 1 aliphatic heterocycles. The maximum atomic E-state index is 13.4. The summed E-state index contributed by atoms with van der Waals surface area (Å²) in [6.07, 6.45) is 8.52. The maximum absolute atomic E-state index is 13.4. The lowest BCUT2D eigenvalue weighted by molar-refractivity contribution is 0.00536. The molecule has 1 unspecified atom stereocenters. The fraction of sp³-hybridized carbons (Fsp3) is 0.286. The van der Waals surface area contributed by atoms with Crippen LogP contribution in [0.2, 0.25) is 0 Å². The first-order valence-electron chi connectivity index (χ1n) is 12.3. The SMILES string of the molecule is CS(=O)(=O)c1cc(-c2ccc(F)cc2)ccc1CSCC(N1CCOCC1)n1cncc1-c1ccncc1. The second kappa shape index (κ2) is 11.8. The number of ether oxygens (including phenoxy) is 1. The molecule has 4 aromatic rings. The Morgan fingerprint density at radius 3 is 2.39 bits per heavy atom. The number of morpholine rings is 1. The summed E-state index contributed by atoms with van der Waals surface area (Å²) in [6, 6.07) is 15.5. The fourth-order valence-electron chi connectivity index (χ4n) is 4.64. The number of rotatable bonds is 9. The van der Waals surface area contributed by atoms with E-state index >= 15 is 0 Å². The van der Waals surface area contributed by atoms with Crippen LogP contribution in [0.5, 0.6) is 0 Å². The Hall–Kier alpha value is -3.05. The van der Waals surface area contributed by atoms with Gasteiger partial charge in [-0.2, -0.15) is 11.8 Å². The van der Waals surface area contributed by atoms with Crippen molar-refractivity contribution in [2.75, 3.05) is 38.3 Å². The van der Waals surface area contributed by atoms with Crippen molar-refractivity contribution >= 4 is 21.6 Å². The van der Waals surface area contributed by atoms with Crippen molar-refractivity contribution in [1.82, 2.24) is 19.4 Å². The number of benzene rings is 2. The van der Waals surface area contributed by atoms with Crippen molar-refractivity contribution in [3.05, 3.63) is 90.9 Å². The van der Waals surface area contributed by atoms with Gasteiger partial charge in [-0.25, -0.2) is 17.8 Å². The van der Waals surface area contributed by atoms with Gasteiger partial charge in [-0.15, -0.1) is 0 Å². The molecule has 0 bridgehead atoms. The van der Waals surface area contributed by atoms with Crippen molar-refractivity contribution in [3.8, 4) is 22.4 Å². The zero-order valence-electron chi connectivity index (χ0n) is 21.0. The number of nitrogens with zero attached hydrogens (tertiary/aromatic N) is 4. The Morgan fingerprint density at radius 2 is 1.68 bits per heavy atom. The van der Waals surface area contributed by atoms with Gasteiger partial charge in [0.2, 0.25) is 0 Å². The number of pyridine rings is 1. The third kappa shape index (κ3) is 6.15. The van der Waals surface area contributed by atoms with Crippen molar-refractivity contribution in [3.63, 3.8) is 0 Å². The molecule has 0 aliphatic carbocycles. The van der Waals surface area contributed by atoms with Gasteiger partial charge in [0.15, 0.2) is 9.84 Å². The fourth-order valence-corrected chi connectivity index (χ4v) is 6.86. The number of halogens is 1. The van der Waals surface area contributed by atoms with Crippen molar-refractivity contribution in [2.24, 2.45) is 0 Å². The third-order valence-electron chi connectivity index (χ3n) is 6.60. The normalized spacial score (nSPS) is 15.4. The van der Waals surface area contributed by atoms with E-state index in [2.05, 4.69) is 19.4 Å². The summed E-state index contributed by atoms with van der Waals surface area (Å²) in [5, 5.41) is 0. The zero-order chi connectivity index (χ0) is 26.5. The number of hydrogen-bond donors (Lipinski definition) is 0. The van der Waals surface area contributed by atoms with Gasteiger partial charge >= 0.3 is 0 Å². The van der Waals surface area contributed by atoms with Crippen LogP contribution in [0, 0.1) is 5.82 Å². The Morgan fingerprint density at radius 1 is 0.974 bits per heavy atom. The first-order chi connectivity index (χ1) is 18.4. The molecule has 1 aliphatic rings. The third-order valence-corrected chi connectivity index (χ3v) is 8.83. The quantitative estimate of drug-likeness (QED) is 0.292. The van der Waals surface area contributed by atoms with Gasteiger partial charge in [0.1, 0.15) is 5.82 Å². The maximum Gasteiger partial charge on any atom is 0.175 e. The molecule has 1 atom stereocenters. The molecule has 38 heavy (non-hydrogen) atoms. The second-order valence-electron chi connectivity index (χ2n) is 9.17. The van der Waals surface area contributed by atoms with Crippen LogP contribution in [-0.2, 0) is 20.3 Å². The lowest BCUT2D eigenvalue weighted by atomic mass is 10.0. The van der Waals surface area contributed by atoms with E-state index in [0.717, 1.165) is 46.8 Å². The first-order valence-corrected chi connectivity index (χ1v) is 15.4. The Balaban J connectivity index is 1.39. The van der Waals surface area contributed by atoms with Gasteiger partial charge in [-0.05, 0) is 47.0 Å². The van der Waals surface area contributed by atoms with Crippen LogP contribution < -0.4 is 0 Å². The van der Waals surface area contributed by atoms with Crippen LogP contribution >= 0.6 is 11.8 Å². The van der Waals surface area contributed by atoms with E-state index in [9.17, 15) is 12.8 Å². The van der Waals surface area contributed by atoms with E-state index in [4.69, 9.17) is 4.74 Å². The van der Waals surface area contributed by atoms with Crippen molar-refractivity contribution in [1.29, 1.82) is 0 Å². The molecule has 2 aromatic carbocycles. The van der Waals surface area contributed by atoms with Gasteiger partial charge in [-0.3, -0.25) is 9.88 Å². The molecular formula is C28H29FN4O3S2. The minimum Gasteiger partial charge on any atom is -0.379 e. The summed E-state index contributed by atoms with van der Waals surface area (Å²) < 4.78 is 46.6. The molecule has 5 rings (SSSR count). The molecule has 3 heterocycles. The molecule has 0 radical (unpaired) electrons. The van der Waals surface area contributed by atoms with Crippen LogP contribution in [0.1, 0.15) is 11.7 Å². The molecule has 0 N–H and O–H groups in total. The van der Waals surface area contributed by atoms with E-state index in [1.54, 1.807) is 42.4 Å². The summed E-state index contributed by atoms with van der Waals surface area (Å²) in [7, 11) is -3.46. The highest BCUT2D eigenvalue weighted by molar-refractivity contribution is 7.98. The number of hydrogen-bond acceptors (Lipinski definition) is 7. The molecule has 10 heteroatoms. The van der Waals surface area contributed by atoms with Crippen molar-refractivity contribution < 1.29 is 17.5 Å². The molecule has 0 spiro atoms. The standard InChI is InChI=1S/C28H29FN4O3S2/c1-38(34,35)27-16-23(21-4-6-25(29)7-5-21)2-3-24(27)18-37-19-28(32-12-14-36-15-13-32)33-20-31-17-26(33)22-8-10-30-11-9-22/h2-11,16-17,20,28H,12-15,18-19H2,1H3. The molecule has 7 nitrogen and oxygen atoms in total. The van der Waals surface area contributed by atoms with E-state index in [0.29, 0.717) is 23.9 Å². The van der Waals surface area contributed by atoms with Crippen LogP contribution in [-0.4, -0.2) is 66.2 Å². The van der Waals surface area contributed by atoms with E-state index in [-0.39, 0.29) is 12.0 Å². The minimum absolute atomic E-state index is 0.0229. The van der Waals surface area contributed by atoms with Gasteiger partial charge in [0, 0.05) is 48.8 Å². The highest BCUT2D eigenvalue weighted by Crippen LogP contribution is 2.31. The van der Waals surface area contributed by atoms with Gasteiger partial charge < -0.3 is 9.30 Å².